The first-order chi connectivity index (χ1) is 17.7. The third kappa shape index (κ3) is 7.88. The summed E-state index contributed by atoms with van der Waals surface area (Å²) in [4.78, 5) is 33.8. The molecule has 1 aromatic carbocycles. The molecule has 37 heavy (non-hydrogen) atoms. The van der Waals surface area contributed by atoms with Crippen LogP contribution < -0.4 is 11.1 Å². The van der Waals surface area contributed by atoms with Gasteiger partial charge in [-0.1, -0.05) is 44.5 Å². The lowest BCUT2D eigenvalue weighted by Crippen LogP contribution is -2.51. The number of likely N-dealkylation sites (tertiary alicyclic amines) is 1. The molecule has 1 aliphatic heterocycles. The number of nitrogens with two attached hydrogens (primary N) is 1. The van der Waals surface area contributed by atoms with Gasteiger partial charge in [0.1, 0.15) is 6.04 Å². The number of terminal acetylenes is 1. The number of nitrogens with zero attached hydrogens (tertiary/aromatic N) is 2. The standard InChI is InChI=1S/C29H40N4O3S/c1-6-7-8-9-10-25(30)29(35)33-16-24(36-17-19(2)3)15-26(33)28(34)32-20(4)22-11-13-23(14-12-22)27-21(5)31-18-37-27/h1,11-14,18-20,24-26H,7-10,15-17,30H2,2-5H3,(H,32,34)/t20-,24+,25-,26-/m0/s1. The molecule has 1 fully saturated rings. The highest BCUT2D eigenvalue weighted by molar-refractivity contribution is 7.13. The zero-order valence-electron chi connectivity index (χ0n) is 22.4. The molecule has 0 saturated carbocycles. The zero-order chi connectivity index (χ0) is 26.9. The molecule has 200 valence electrons. The summed E-state index contributed by atoms with van der Waals surface area (Å²) in [6.07, 6.45) is 8.43. The molecule has 1 saturated heterocycles. The van der Waals surface area contributed by atoms with Crippen molar-refractivity contribution in [1.82, 2.24) is 15.2 Å². The van der Waals surface area contributed by atoms with Gasteiger partial charge in [0, 0.05) is 26.0 Å². The molecule has 1 aliphatic rings. The molecular formula is C29H40N4O3S. The Balaban J connectivity index is 1.66. The molecule has 4 atom stereocenters. The molecule has 8 heteroatoms. The average Bonchev–Trinajstić information content (AvgIpc) is 3.51. The Morgan fingerprint density at radius 3 is 2.62 bits per heavy atom. The minimum atomic E-state index is -0.655. The van der Waals surface area contributed by atoms with Crippen LogP contribution in [0.25, 0.3) is 10.4 Å². The van der Waals surface area contributed by atoms with Crippen molar-refractivity contribution in [2.45, 2.75) is 84.0 Å². The SMILES string of the molecule is C#CCCCC[C@H](N)C(=O)N1C[C@H](OCC(C)C)C[C@H]1C(=O)N[C@@H](C)c1ccc(-c2scnc2C)cc1. The minimum absolute atomic E-state index is 0.182. The number of amides is 2. The molecule has 2 heterocycles. The fourth-order valence-corrected chi connectivity index (χ4v) is 5.37. The van der Waals surface area contributed by atoms with Crippen LogP contribution in [0.1, 0.15) is 70.2 Å². The number of benzene rings is 1. The number of aryl methyl sites for hydroxylation is 1. The number of aromatic nitrogens is 1. The maximum atomic E-state index is 13.4. The molecule has 3 rings (SSSR count). The van der Waals surface area contributed by atoms with Gasteiger partial charge in [-0.25, -0.2) is 4.98 Å². The lowest BCUT2D eigenvalue weighted by Gasteiger charge is -2.27. The summed E-state index contributed by atoms with van der Waals surface area (Å²) in [5, 5.41) is 3.11. The Morgan fingerprint density at radius 1 is 1.27 bits per heavy atom. The molecule has 2 aromatic rings. The summed E-state index contributed by atoms with van der Waals surface area (Å²) in [6, 6.07) is 6.68. The number of nitrogens with one attached hydrogen (secondary N) is 1. The number of thiazole rings is 1. The molecule has 0 aliphatic carbocycles. The van der Waals surface area contributed by atoms with Gasteiger partial charge in [0.25, 0.3) is 0 Å². The van der Waals surface area contributed by atoms with Crippen molar-refractivity contribution >= 4 is 23.2 Å². The Morgan fingerprint density at radius 2 is 2.00 bits per heavy atom. The number of rotatable bonds is 12. The first kappa shape index (κ1) is 28.8. The number of carbonyl (C=O) groups excluding carboxylic acids is 2. The van der Waals surface area contributed by atoms with E-state index in [9.17, 15) is 9.59 Å². The van der Waals surface area contributed by atoms with Gasteiger partial charge in [-0.15, -0.1) is 23.7 Å². The van der Waals surface area contributed by atoms with Crippen LogP contribution in [0.15, 0.2) is 29.8 Å². The summed E-state index contributed by atoms with van der Waals surface area (Å²) in [5.41, 5.74) is 11.2. The van der Waals surface area contributed by atoms with Gasteiger partial charge in [0.05, 0.1) is 34.3 Å². The lowest BCUT2D eigenvalue weighted by molar-refractivity contribution is -0.140. The Bertz CT molecular complexity index is 1080. The van der Waals surface area contributed by atoms with Crippen LogP contribution in [0, 0.1) is 25.2 Å². The molecular weight excluding hydrogens is 484 g/mol. The minimum Gasteiger partial charge on any atom is -0.376 e. The zero-order valence-corrected chi connectivity index (χ0v) is 23.2. The van der Waals surface area contributed by atoms with Crippen molar-refractivity contribution in [1.29, 1.82) is 0 Å². The Labute approximate surface area is 225 Å². The second kappa shape index (κ2) is 13.7. The second-order valence-corrected chi connectivity index (χ2v) is 11.1. The summed E-state index contributed by atoms with van der Waals surface area (Å²) < 4.78 is 6.02. The van der Waals surface area contributed by atoms with Crippen LogP contribution in [0.3, 0.4) is 0 Å². The average molecular weight is 525 g/mol. The van der Waals surface area contributed by atoms with Gasteiger partial charge >= 0.3 is 0 Å². The van der Waals surface area contributed by atoms with Crippen molar-refractivity contribution in [2.24, 2.45) is 11.7 Å². The summed E-state index contributed by atoms with van der Waals surface area (Å²) in [6.45, 7) is 9.07. The Hall–Kier alpha value is -2.73. The van der Waals surface area contributed by atoms with Crippen LogP contribution >= 0.6 is 11.3 Å². The van der Waals surface area contributed by atoms with E-state index in [2.05, 4.69) is 42.2 Å². The first-order valence-electron chi connectivity index (χ1n) is 13.1. The van der Waals surface area contributed by atoms with E-state index in [0.717, 1.165) is 34.5 Å². The van der Waals surface area contributed by atoms with Gasteiger partial charge in [0.15, 0.2) is 0 Å². The van der Waals surface area contributed by atoms with Crippen LogP contribution in [-0.4, -0.2) is 53.0 Å². The third-order valence-corrected chi connectivity index (χ3v) is 7.67. The fraction of sp³-hybridized carbons (Fsp3) is 0.552. The van der Waals surface area contributed by atoms with Gasteiger partial charge in [0.2, 0.25) is 11.8 Å². The van der Waals surface area contributed by atoms with Gasteiger partial charge < -0.3 is 20.7 Å². The number of unbranched alkanes of at least 4 members (excludes halogenated alkanes) is 2. The van der Waals surface area contributed by atoms with E-state index >= 15 is 0 Å². The maximum absolute atomic E-state index is 13.4. The number of carbonyl (C=O) groups is 2. The van der Waals surface area contributed by atoms with E-state index in [-0.39, 0.29) is 24.0 Å². The molecule has 7 nitrogen and oxygen atoms in total. The molecule has 3 N–H and O–H groups in total. The predicted octanol–water partition coefficient (Wildman–Crippen LogP) is 4.46. The highest BCUT2D eigenvalue weighted by Crippen LogP contribution is 2.29. The monoisotopic (exact) mass is 524 g/mol. The number of hydrogen-bond acceptors (Lipinski definition) is 6. The van der Waals surface area contributed by atoms with Gasteiger partial charge in [-0.3, -0.25) is 9.59 Å². The van der Waals surface area contributed by atoms with Crippen LogP contribution in [0.2, 0.25) is 0 Å². The Kier molecular flexibility index (Phi) is 10.7. The van der Waals surface area contributed by atoms with E-state index in [1.54, 1.807) is 16.2 Å². The highest BCUT2D eigenvalue weighted by Gasteiger charge is 2.41. The van der Waals surface area contributed by atoms with E-state index in [1.165, 1.54) is 0 Å². The largest absolute Gasteiger partial charge is 0.376 e. The smallest absolute Gasteiger partial charge is 0.243 e. The fourth-order valence-electron chi connectivity index (χ4n) is 4.56. The van der Waals surface area contributed by atoms with Crippen LogP contribution in [-0.2, 0) is 14.3 Å². The van der Waals surface area contributed by atoms with Crippen molar-refractivity contribution in [3.05, 3.63) is 41.0 Å². The molecule has 0 unspecified atom stereocenters. The van der Waals surface area contributed by atoms with E-state index in [1.807, 2.05) is 31.5 Å². The molecule has 0 radical (unpaired) electrons. The first-order valence-corrected chi connectivity index (χ1v) is 14.0. The topological polar surface area (TPSA) is 97.5 Å². The van der Waals surface area contributed by atoms with Crippen LogP contribution in [0.5, 0.6) is 0 Å². The van der Waals surface area contributed by atoms with E-state index in [4.69, 9.17) is 16.9 Å². The summed E-state index contributed by atoms with van der Waals surface area (Å²) in [5.74, 6) is 2.60. The predicted molar refractivity (Wildman–Crippen MR) is 149 cm³/mol. The quantitative estimate of drug-likeness (QED) is 0.316. The molecule has 0 spiro atoms. The van der Waals surface area contributed by atoms with Crippen molar-refractivity contribution in [2.75, 3.05) is 13.2 Å². The number of hydrogen-bond donors (Lipinski definition) is 2. The van der Waals surface area contributed by atoms with Crippen LogP contribution in [0.4, 0.5) is 0 Å². The second-order valence-electron chi connectivity index (χ2n) is 10.3. The third-order valence-electron chi connectivity index (χ3n) is 6.69. The molecule has 2 amide bonds. The highest BCUT2D eigenvalue weighted by atomic mass is 32.1. The van der Waals surface area contributed by atoms with Crippen molar-refractivity contribution in [3.8, 4) is 22.8 Å². The van der Waals surface area contributed by atoms with Crippen molar-refractivity contribution in [3.63, 3.8) is 0 Å². The lowest BCUT2D eigenvalue weighted by atomic mass is 10.0. The van der Waals surface area contributed by atoms with Crippen molar-refractivity contribution < 1.29 is 14.3 Å². The summed E-state index contributed by atoms with van der Waals surface area (Å²) in [7, 11) is 0. The van der Waals surface area contributed by atoms with Gasteiger partial charge in [-0.2, -0.15) is 0 Å². The summed E-state index contributed by atoms with van der Waals surface area (Å²) >= 11 is 1.61. The number of ether oxygens (including phenoxy) is 1. The normalized spacial score (nSPS) is 19.0. The molecule has 0 bridgehead atoms. The maximum Gasteiger partial charge on any atom is 0.243 e. The molecule has 1 aromatic heterocycles. The van der Waals surface area contributed by atoms with E-state index in [0.29, 0.717) is 38.3 Å². The van der Waals surface area contributed by atoms with Gasteiger partial charge in [-0.05, 0) is 43.7 Å². The van der Waals surface area contributed by atoms with E-state index < -0.39 is 12.1 Å².